The van der Waals surface area contributed by atoms with Crippen LogP contribution in [0.1, 0.15) is 5.56 Å². The number of halogens is 1. The summed E-state index contributed by atoms with van der Waals surface area (Å²) < 4.78 is 14.0. The molecule has 0 unspecified atom stereocenters. The third-order valence-electron chi connectivity index (χ3n) is 3.72. The number of nitrogen functional groups attached to an aromatic ring is 1. The quantitative estimate of drug-likeness (QED) is 0.722. The van der Waals surface area contributed by atoms with Crippen LogP contribution in [-0.4, -0.2) is 22.6 Å². The Morgan fingerprint density at radius 2 is 1.95 bits per heavy atom. The normalized spacial score (nSPS) is 13.5. The molecular formula is C16H14BrN3O2. The number of fused-ring (bicyclic) bond motifs is 2. The molecule has 0 bridgehead atoms. The zero-order valence-corrected chi connectivity index (χ0v) is 13.6. The molecule has 22 heavy (non-hydrogen) atoms. The monoisotopic (exact) mass is 359 g/mol. The van der Waals surface area contributed by atoms with E-state index in [-0.39, 0.29) is 0 Å². The van der Waals surface area contributed by atoms with E-state index in [4.69, 9.17) is 20.2 Å². The lowest BCUT2D eigenvalue weighted by atomic mass is 10.1. The van der Waals surface area contributed by atoms with Gasteiger partial charge in [-0.25, -0.2) is 4.98 Å². The Kier molecular flexibility index (Phi) is 3.00. The number of anilines is 1. The van der Waals surface area contributed by atoms with Gasteiger partial charge in [0.25, 0.3) is 0 Å². The van der Waals surface area contributed by atoms with Gasteiger partial charge in [-0.1, -0.05) is 0 Å². The zero-order valence-electron chi connectivity index (χ0n) is 12.0. The highest BCUT2D eigenvalue weighted by atomic mass is 79.9. The molecule has 5 nitrogen and oxygen atoms in total. The summed E-state index contributed by atoms with van der Waals surface area (Å²) in [7, 11) is 0. The molecule has 0 saturated heterocycles. The van der Waals surface area contributed by atoms with Gasteiger partial charge in [0, 0.05) is 16.2 Å². The van der Waals surface area contributed by atoms with E-state index in [0.29, 0.717) is 19.0 Å². The average molecular weight is 360 g/mol. The molecule has 1 aromatic carbocycles. The van der Waals surface area contributed by atoms with Crippen molar-refractivity contribution >= 4 is 27.4 Å². The minimum absolute atomic E-state index is 0.559. The van der Waals surface area contributed by atoms with Crippen molar-refractivity contribution in [3.63, 3.8) is 0 Å². The maximum absolute atomic E-state index is 6.29. The molecule has 1 aliphatic heterocycles. The molecule has 0 aliphatic carbocycles. The molecule has 0 saturated carbocycles. The van der Waals surface area contributed by atoms with E-state index < -0.39 is 0 Å². The molecule has 112 valence electrons. The predicted molar refractivity (Wildman–Crippen MR) is 88.5 cm³/mol. The van der Waals surface area contributed by atoms with Crippen molar-refractivity contribution in [2.45, 2.75) is 6.92 Å². The van der Waals surface area contributed by atoms with Gasteiger partial charge in [-0.3, -0.25) is 4.40 Å². The van der Waals surface area contributed by atoms with Crippen LogP contribution in [0.3, 0.4) is 0 Å². The van der Waals surface area contributed by atoms with Gasteiger partial charge >= 0.3 is 0 Å². The second-order valence-electron chi connectivity index (χ2n) is 5.24. The Balaban J connectivity index is 1.91. The van der Waals surface area contributed by atoms with Crippen molar-refractivity contribution in [3.05, 3.63) is 40.5 Å². The van der Waals surface area contributed by atoms with Crippen LogP contribution in [0.25, 0.3) is 16.9 Å². The third kappa shape index (κ3) is 2.02. The second kappa shape index (κ2) is 4.91. The molecule has 0 amide bonds. The summed E-state index contributed by atoms with van der Waals surface area (Å²) >= 11 is 3.49. The summed E-state index contributed by atoms with van der Waals surface area (Å²) in [4.78, 5) is 4.69. The molecule has 6 heteroatoms. The fourth-order valence-electron chi connectivity index (χ4n) is 2.69. The van der Waals surface area contributed by atoms with E-state index in [1.54, 1.807) is 0 Å². The molecular weight excluding hydrogens is 346 g/mol. The number of hydrogen-bond donors (Lipinski definition) is 1. The molecule has 4 rings (SSSR count). The van der Waals surface area contributed by atoms with Gasteiger partial charge in [0.2, 0.25) is 0 Å². The summed E-state index contributed by atoms with van der Waals surface area (Å²) in [6.45, 7) is 3.15. The number of rotatable bonds is 1. The van der Waals surface area contributed by atoms with Crippen molar-refractivity contribution < 1.29 is 9.47 Å². The highest BCUT2D eigenvalue weighted by Gasteiger charge is 2.17. The van der Waals surface area contributed by atoms with E-state index >= 15 is 0 Å². The summed E-state index contributed by atoms with van der Waals surface area (Å²) in [6, 6.07) is 7.80. The van der Waals surface area contributed by atoms with Gasteiger partial charge in [0.1, 0.15) is 30.4 Å². The largest absolute Gasteiger partial charge is 0.486 e. The minimum atomic E-state index is 0.559. The number of benzene rings is 1. The third-order valence-corrected chi connectivity index (χ3v) is 4.16. The average Bonchev–Trinajstić information content (AvgIpc) is 2.84. The van der Waals surface area contributed by atoms with E-state index in [9.17, 15) is 0 Å². The first-order chi connectivity index (χ1) is 10.6. The van der Waals surface area contributed by atoms with Crippen LogP contribution in [0.2, 0.25) is 0 Å². The van der Waals surface area contributed by atoms with Crippen LogP contribution in [0.15, 0.2) is 34.9 Å². The summed E-state index contributed by atoms with van der Waals surface area (Å²) in [5.41, 5.74) is 9.87. The minimum Gasteiger partial charge on any atom is -0.486 e. The zero-order chi connectivity index (χ0) is 15.3. The topological polar surface area (TPSA) is 61.8 Å². The Morgan fingerprint density at radius 1 is 1.18 bits per heavy atom. The van der Waals surface area contributed by atoms with Gasteiger partial charge in [0.15, 0.2) is 11.5 Å². The molecule has 2 aromatic heterocycles. The first kappa shape index (κ1) is 13.5. The van der Waals surface area contributed by atoms with Crippen molar-refractivity contribution in [2.24, 2.45) is 0 Å². The Hall–Kier alpha value is -2.21. The van der Waals surface area contributed by atoms with E-state index in [1.165, 1.54) is 0 Å². The molecule has 0 atom stereocenters. The highest BCUT2D eigenvalue weighted by Crippen LogP contribution is 2.36. The molecule has 1 aliphatic rings. The molecule has 0 fully saturated rings. The van der Waals surface area contributed by atoms with Crippen LogP contribution in [0, 0.1) is 6.92 Å². The van der Waals surface area contributed by atoms with Crippen molar-refractivity contribution in [1.82, 2.24) is 9.38 Å². The van der Waals surface area contributed by atoms with Gasteiger partial charge < -0.3 is 15.2 Å². The van der Waals surface area contributed by atoms with E-state index in [1.807, 2.05) is 41.8 Å². The van der Waals surface area contributed by atoms with Crippen molar-refractivity contribution in [2.75, 3.05) is 18.9 Å². The van der Waals surface area contributed by atoms with E-state index in [0.717, 1.165) is 38.4 Å². The number of nitrogens with two attached hydrogens (primary N) is 1. The van der Waals surface area contributed by atoms with Crippen LogP contribution < -0.4 is 15.2 Å². The van der Waals surface area contributed by atoms with Crippen molar-refractivity contribution in [3.8, 4) is 22.8 Å². The lowest BCUT2D eigenvalue weighted by molar-refractivity contribution is 0.171. The molecule has 0 spiro atoms. The SMILES string of the molecule is Cc1cc(Br)cn2c(N)c(-c3ccc4c(c3)OCCO4)nc12. The highest BCUT2D eigenvalue weighted by molar-refractivity contribution is 9.10. The number of ether oxygens (including phenoxy) is 2. The maximum Gasteiger partial charge on any atom is 0.162 e. The maximum atomic E-state index is 6.29. The van der Waals surface area contributed by atoms with Gasteiger partial charge in [0.05, 0.1) is 0 Å². The van der Waals surface area contributed by atoms with Crippen LogP contribution >= 0.6 is 15.9 Å². The van der Waals surface area contributed by atoms with Gasteiger partial charge in [-0.2, -0.15) is 0 Å². The van der Waals surface area contributed by atoms with Gasteiger partial charge in [-0.15, -0.1) is 0 Å². The molecule has 0 radical (unpaired) electrons. The lowest BCUT2D eigenvalue weighted by Gasteiger charge is -2.18. The van der Waals surface area contributed by atoms with Crippen LogP contribution in [-0.2, 0) is 0 Å². The Bertz CT molecular complexity index is 889. The first-order valence-corrected chi connectivity index (χ1v) is 7.76. The molecule has 3 heterocycles. The molecule has 3 aromatic rings. The van der Waals surface area contributed by atoms with Crippen LogP contribution in [0.5, 0.6) is 11.5 Å². The summed E-state index contributed by atoms with van der Waals surface area (Å²) in [5.74, 6) is 2.10. The number of nitrogens with zero attached hydrogens (tertiary/aromatic N) is 2. The van der Waals surface area contributed by atoms with E-state index in [2.05, 4.69) is 15.9 Å². The Morgan fingerprint density at radius 3 is 2.77 bits per heavy atom. The number of aromatic nitrogens is 2. The number of aryl methyl sites for hydroxylation is 1. The standard InChI is InChI=1S/C16H14BrN3O2/c1-9-6-11(17)8-20-15(18)14(19-16(9)20)10-2-3-12-13(7-10)22-5-4-21-12/h2-3,6-8H,4-5,18H2,1H3. The predicted octanol–water partition coefficient (Wildman–Crippen LogP) is 3.43. The first-order valence-electron chi connectivity index (χ1n) is 6.97. The van der Waals surface area contributed by atoms with Crippen LogP contribution in [0.4, 0.5) is 5.82 Å². The number of hydrogen-bond acceptors (Lipinski definition) is 4. The summed E-state index contributed by atoms with van der Waals surface area (Å²) in [5, 5.41) is 0. The number of pyridine rings is 1. The lowest BCUT2D eigenvalue weighted by Crippen LogP contribution is -2.15. The summed E-state index contributed by atoms with van der Waals surface area (Å²) in [6.07, 6.45) is 1.92. The smallest absolute Gasteiger partial charge is 0.162 e. The van der Waals surface area contributed by atoms with Gasteiger partial charge in [-0.05, 0) is 52.7 Å². The molecule has 2 N–H and O–H groups in total. The fourth-order valence-corrected chi connectivity index (χ4v) is 3.24. The second-order valence-corrected chi connectivity index (χ2v) is 6.15. The number of imidazole rings is 1. The van der Waals surface area contributed by atoms with Crippen molar-refractivity contribution in [1.29, 1.82) is 0 Å². The Labute approximate surface area is 135 Å². The fraction of sp³-hybridized carbons (Fsp3) is 0.188.